The zero-order valence-electron chi connectivity index (χ0n) is 11.0. The second-order valence-corrected chi connectivity index (χ2v) is 4.78. The third kappa shape index (κ3) is 5.56. The average Bonchev–Trinajstić information content (AvgIpc) is 2.84. The lowest BCUT2D eigenvalue weighted by atomic mass is 10.0. The van der Waals surface area contributed by atoms with Crippen LogP contribution in [0.5, 0.6) is 0 Å². The highest BCUT2D eigenvalue weighted by atomic mass is 16.2. The molecule has 1 amide bonds. The lowest BCUT2D eigenvalue weighted by molar-refractivity contribution is -0.133. The van der Waals surface area contributed by atoms with Crippen molar-refractivity contribution in [1.29, 1.82) is 0 Å². The predicted octanol–water partition coefficient (Wildman–Crippen LogP) is 4.24. The Hall–Kier alpha value is -0.530. The summed E-state index contributed by atoms with van der Waals surface area (Å²) >= 11 is 0. The van der Waals surface area contributed by atoms with Gasteiger partial charge in [0.1, 0.15) is 0 Å². The van der Waals surface area contributed by atoms with Gasteiger partial charge in [-0.05, 0) is 25.2 Å². The van der Waals surface area contributed by atoms with Gasteiger partial charge in [0.15, 0.2) is 0 Å². The van der Waals surface area contributed by atoms with E-state index in [4.69, 9.17) is 0 Å². The van der Waals surface area contributed by atoms with Gasteiger partial charge in [-0.2, -0.15) is 0 Å². The molecule has 0 aromatic rings. The SMILES string of the molecule is C.CC.O=C1CCCCN1CCC1CCCC1. The van der Waals surface area contributed by atoms with Crippen LogP contribution in [0.4, 0.5) is 0 Å². The molecule has 2 rings (SSSR count). The molecule has 0 radical (unpaired) electrons. The Bertz CT molecular complexity index is 197. The first-order valence-electron chi connectivity index (χ1n) is 7.14. The van der Waals surface area contributed by atoms with Crippen LogP contribution in [0.2, 0.25) is 0 Å². The van der Waals surface area contributed by atoms with Crippen molar-refractivity contribution in [1.82, 2.24) is 4.90 Å². The standard InChI is InChI=1S/C12H21NO.C2H6.CH4/c14-12-7-3-4-9-13(12)10-8-11-5-1-2-6-11;1-2;/h11H,1-10H2;1-2H3;1H4. The molecular weight excluding hydrogens is 210 g/mol. The molecule has 0 spiro atoms. The van der Waals surface area contributed by atoms with Crippen LogP contribution in [0.1, 0.15) is 72.6 Å². The van der Waals surface area contributed by atoms with E-state index in [2.05, 4.69) is 4.90 Å². The maximum atomic E-state index is 11.5. The van der Waals surface area contributed by atoms with Gasteiger partial charge in [-0.25, -0.2) is 0 Å². The Kier molecular flexibility index (Phi) is 9.20. The van der Waals surface area contributed by atoms with E-state index < -0.39 is 0 Å². The van der Waals surface area contributed by atoms with Crippen molar-refractivity contribution in [2.75, 3.05) is 13.1 Å². The topological polar surface area (TPSA) is 20.3 Å². The molecule has 2 aliphatic rings. The van der Waals surface area contributed by atoms with E-state index in [1.54, 1.807) is 0 Å². The van der Waals surface area contributed by atoms with Crippen LogP contribution in [0.25, 0.3) is 0 Å². The van der Waals surface area contributed by atoms with Crippen LogP contribution in [-0.2, 0) is 4.79 Å². The molecule has 2 heteroatoms. The molecule has 0 aromatic heterocycles. The van der Waals surface area contributed by atoms with Crippen molar-refractivity contribution in [3.8, 4) is 0 Å². The Balaban J connectivity index is 0.000000811. The number of amides is 1. The highest BCUT2D eigenvalue weighted by molar-refractivity contribution is 5.76. The van der Waals surface area contributed by atoms with Gasteiger partial charge in [-0.3, -0.25) is 4.79 Å². The minimum Gasteiger partial charge on any atom is -0.343 e. The van der Waals surface area contributed by atoms with Crippen LogP contribution in [0.15, 0.2) is 0 Å². The number of piperidine rings is 1. The molecule has 2 nitrogen and oxygen atoms in total. The number of nitrogens with zero attached hydrogens (tertiary/aromatic N) is 1. The Morgan fingerprint density at radius 1 is 1.12 bits per heavy atom. The summed E-state index contributed by atoms with van der Waals surface area (Å²) in [5.41, 5.74) is 0. The molecule has 1 saturated heterocycles. The first kappa shape index (κ1) is 16.5. The zero-order chi connectivity index (χ0) is 11.8. The first-order valence-corrected chi connectivity index (χ1v) is 7.14. The molecule has 0 N–H and O–H groups in total. The smallest absolute Gasteiger partial charge is 0.222 e. The van der Waals surface area contributed by atoms with Crippen molar-refractivity contribution in [2.45, 2.75) is 72.6 Å². The molecule has 2 fully saturated rings. The van der Waals surface area contributed by atoms with Gasteiger partial charge in [0.05, 0.1) is 0 Å². The maximum absolute atomic E-state index is 11.5. The number of rotatable bonds is 3. The van der Waals surface area contributed by atoms with Crippen LogP contribution >= 0.6 is 0 Å². The van der Waals surface area contributed by atoms with E-state index in [9.17, 15) is 4.79 Å². The predicted molar refractivity (Wildman–Crippen MR) is 75.1 cm³/mol. The highest BCUT2D eigenvalue weighted by Gasteiger charge is 2.20. The molecule has 1 heterocycles. The number of likely N-dealkylation sites (tertiary alicyclic amines) is 1. The summed E-state index contributed by atoms with van der Waals surface area (Å²) in [6.07, 6.45) is 10.0. The largest absolute Gasteiger partial charge is 0.343 e. The summed E-state index contributed by atoms with van der Waals surface area (Å²) in [6, 6.07) is 0. The van der Waals surface area contributed by atoms with E-state index in [0.29, 0.717) is 5.91 Å². The molecule has 102 valence electrons. The second kappa shape index (κ2) is 9.49. The van der Waals surface area contributed by atoms with Gasteiger partial charge in [-0.15, -0.1) is 0 Å². The van der Waals surface area contributed by atoms with Crippen molar-refractivity contribution in [3.63, 3.8) is 0 Å². The van der Waals surface area contributed by atoms with Gasteiger partial charge in [-0.1, -0.05) is 47.0 Å². The molecule has 0 aromatic carbocycles. The van der Waals surface area contributed by atoms with Crippen molar-refractivity contribution < 1.29 is 4.79 Å². The quantitative estimate of drug-likeness (QED) is 0.723. The summed E-state index contributed by atoms with van der Waals surface area (Å²) in [4.78, 5) is 13.6. The summed E-state index contributed by atoms with van der Waals surface area (Å²) in [6.45, 7) is 6.05. The molecule has 1 saturated carbocycles. The van der Waals surface area contributed by atoms with Gasteiger partial charge >= 0.3 is 0 Å². The van der Waals surface area contributed by atoms with Crippen LogP contribution in [0, 0.1) is 5.92 Å². The third-order valence-corrected chi connectivity index (χ3v) is 3.70. The fourth-order valence-corrected chi connectivity index (χ4v) is 2.74. The minimum absolute atomic E-state index is 0. The normalized spacial score (nSPS) is 20.6. The summed E-state index contributed by atoms with van der Waals surface area (Å²) < 4.78 is 0. The first-order chi connectivity index (χ1) is 7.86. The fourth-order valence-electron chi connectivity index (χ4n) is 2.74. The van der Waals surface area contributed by atoms with Gasteiger partial charge < -0.3 is 4.90 Å². The molecule has 0 atom stereocenters. The van der Waals surface area contributed by atoms with Gasteiger partial charge in [0.25, 0.3) is 0 Å². The molecule has 17 heavy (non-hydrogen) atoms. The van der Waals surface area contributed by atoms with E-state index in [1.165, 1.54) is 38.5 Å². The zero-order valence-corrected chi connectivity index (χ0v) is 11.0. The van der Waals surface area contributed by atoms with Crippen molar-refractivity contribution >= 4 is 5.91 Å². The molecular formula is C15H31NO. The molecule has 0 unspecified atom stereocenters. The van der Waals surface area contributed by atoms with Crippen molar-refractivity contribution in [3.05, 3.63) is 0 Å². The highest BCUT2D eigenvalue weighted by Crippen LogP contribution is 2.28. The Morgan fingerprint density at radius 2 is 1.76 bits per heavy atom. The van der Waals surface area contributed by atoms with Crippen LogP contribution in [-0.4, -0.2) is 23.9 Å². The third-order valence-electron chi connectivity index (χ3n) is 3.70. The van der Waals surface area contributed by atoms with E-state index in [1.807, 2.05) is 13.8 Å². The maximum Gasteiger partial charge on any atom is 0.222 e. The molecule has 0 bridgehead atoms. The summed E-state index contributed by atoms with van der Waals surface area (Å²) in [5.74, 6) is 1.32. The lowest BCUT2D eigenvalue weighted by Crippen LogP contribution is -2.36. The number of carbonyl (C=O) groups excluding carboxylic acids is 1. The molecule has 1 aliphatic carbocycles. The van der Waals surface area contributed by atoms with E-state index in [0.717, 1.165) is 31.8 Å². The number of hydrogen-bond acceptors (Lipinski definition) is 1. The Labute approximate surface area is 108 Å². The van der Waals surface area contributed by atoms with Crippen LogP contribution in [0.3, 0.4) is 0 Å². The Morgan fingerprint density at radius 3 is 2.35 bits per heavy atom. The second-order valence-electron chi connectivity index (χ2n) is 4.78. The van der Waals surface area contributed by atoms with Gasteiger partial charge in [0.2, 0.25) is 5.91 Å². The lowest BCUT2D eigenvalue weighted by Gasteiger charge is -2.27. The van der Waals surface area contributed by atoms with Crippen molar-refractivity contribution in [2.24, 2.45) is 5.92 Å². The van der Waals surface area contributed by atoms with E-state index >= 15 is 0 Å². The molecule has 1 aliphatic heterocycles. The monoisotopic (exact) mass is 241 g/mol. The van der Waals surface area contributed by atoms with Crippen LogP contribution < -0.4 is 0 Å². The van der Waals surface area contributed by atoms with E-state index in [-0.39, 0.29) is 7.43 Å². The minimum atomic E-state index is 0. The fraction of sp³-hybridized carbons (Fsp3) is 0.933. The van der Waals surface area contributed by atoms with Gasteiger partial charge in [0, 0.05) is 19.5 Å². The number of carbonyl (C=O) groups is 1. The average molecular weight is 241 g/mol. The number of hydrogen-bond donors (Lipinski definition) is 0. The summed E-state index contributed by atoms with van der Waals surface area (Å²) in [5, 5.41) is 0. The summed E-state index contributed by atoms with van der Waals surface area (Å²) in [7, 11) is 0.